The Balaban J connectivity index is 0.00000180. The molecule has 1 amide bonds. The van der Waals surface area contributed by atoms with Gasteiger partial charge in [0.1, 0.15) is 0 Å². The first kappa shape index (κ1) is 16.8. The average molecular weight is 323 g/mol. The van der Waals surface area contributed by atoms with Gasteiger partial charge in [-0.05, 0) is 37.4 Å². The summed E-state index contributed by atoms with van der Waals surface area (Å²) in [6, 6.07) is 3.78. The Hall–Kier alpha value is -0.290. The normalized spacial score (nSPS) is 24.1. The zero-order valence-electron chi connectivity index (χ0n) is 11.2. The fraction of sp³-hybridized carbons (Fsp3) is 0.615. The third-order valence-electron chi connectivity index (χ3n) is 3.75. The van der Waals surface area contributed by atoms with E-state index in [0.717, 1.165) is 28.7 Å². The van der Waals surface area contributed by atoms with Crippen molar-refractivity contribution in [3.8, 4) is 0 Å². The van der Waals surface area contributed by atoms with Gasteiger partial charge in [-0.3, -0.25) is 4.79 Å². The van der Waals surface area contributed by atoms with Crippen LogP contribution in [0.5, 0.6) is 0 Å². The quantitative estimate of drug-likeness (QED) is 0.929. The van der Waals surface area contributed by atoms with E-state index in [0.29, 0.717) is 6.54 Å². The van der Waals surface area contributed by atoms with Crippen molar-refractivity contribution in [2.24, 2.45) is 11.1 Å². The molecule has 0 spiro atoms. The van der Waals surface area contributed by atoms with E-state index >= 15 is 0 Å². The molecule has 2 heterocycles. The minimum absolute atomic E-state index is 0. The number of amides is 1. The molecule has 2 unspecified atom stereocenters. The third-order valence-corrected chi connectivity index (χ3v) is 5.17. The van der Waals surface area contributed by atoms with E-state index in [9.17, 15) is 4.79 Å². The number of nitrogens with zero attached hydrogens (tertiary/aromatic N) is 1. The van der Waals surface area contributed by atoms with E-state index in [4.69, 9.17) is 17.3 Å². The highest BCUT2D eigenvalue weighted by Gasteiger charge is 2.36. The van der Waals surface area contributed by atoms with Crippen LogP contribution in [-0.2, 0) is 4.79 Å². The first-order valence-electron chi connectivity index (χ1n) is 6.19. The van der Waals surface area contributed by atoms with Gasteiger partial charge in [0, 0.05) is 18.0 Å². The maximum absolute atomic E-state index is 12.4. The summed E-state index contributed by atoms with van der Waals surface area (Å²) in [5, 5.41) is 0. The number of nitrogens with two attached hydrogens (primary N) is 1. The SMILES string of the molecule is CC(C(=O)N1CCC(C)(CN)C1)c1ccc(Cl)s1.Cl. The summed E-state index contributed by atoms with van der Waals surface area (Å²) in [5.41, 5.74) is 5.85. The van der Waals surface area contributed by atoms with Gasteiger partial charge in [0.05, 0.1) is 10.3 Å². The number of likely N-dealkylation sites (tertiary alicyclic amines) is 1. The second-order valence-corrected chi connectivity index (χ2v) is 7.13. The third kappa shape index (κ3) is 3.63. The molecular formula is C13H20Cl2N2OS. The van der Waals surface area contributed by atoms with Gasteiger partial charge in [-0.15, -0.1) is 23.7 Å². The number of carbonyl (C=O) groups excluding carboxylic acids is 1. The number of hydrogen-bond donors (Lipinski definition) is 1. The average Bonchev–Trinajstić information content (AvgIpc) is 2.95. The molecule has 1 aliphatic heterocycles. The number of halogens is 2. The molecule has 0 bridgehead atoms. The van der Waals surface area contributed by atoms with Crippen LogP contribution in [-0.4, -0.2) is 30.4 Å². The van der Waals surface area contributed by atoms with Gasteiger partial charge in [0.15, 0.2) is 0 Å². The molecule has 2 atom stereocenters. The van der Waals surface area contributed by atoms with Crippen LogP contribution in [0.15, 0.2) is 12.1 Å². The standard InChI is InChI=1S/C13H19ClN2OS.ClH/c1-9(10-3-4-11(14)18-10)12(17)16-6-5-13(2,7-15)8-16;/h3-4,9H,5-8,15H2,1-2H3;1H. The van der Waals surface area contributed by atoms with E-state index in [2.05, 4.69) is 6.92 Å². The molecule has 1 fully saturated rings. The summed E-state index contributed by atoms with van der Waals surface area (Å²) in [6.45, 7) is 6.31. The van der Waals surface area contributed by atoms with Crippen LogP contribution >= 0.6 is 35.3 Å². The van der Waals surface area contributed by atoms with Crippen molar-refractivity contribution >= 4 is 41.3 Å². The topological polar surface area (TPSA) is 46.3 Å². The Kier molecular flexibility index (Phi) is 5.68. The zero-order valence-corrected chi connectivity index (χ0v) is 13.6. The number of hydrogen-bond acceptors (Lipinski definition) is 3. The van der Waals surface area contributed by atoms with Crippen molar-refractivity contribution in [2.75, 3.05) is 19.6 Å². The van der Waals surface area contributed by atoms with E-state index in [1.807, 2.05) is 24.0 Å². The summed E-state index contributed by atoms with van der Waals surface area (Å²) in [6.07, 6.45) is 0.993. The van der Waals surface area contributed by atoms with Crippen molar-refractivity contribution in [1.82, 2.24) is 4.90 Å². The highest BCUT2D eigenvalue weighted by molar-refractivity contribution is 7.16. The van der Waals surface area contributed by atoms with Gasteiger partial charge in [-0.25, -0.2) is 0 Å². The molecule has 19 heavy (non-hydrogen) atoms. The largest absolute Gasteiger partial charge is 0.342 e. The van der Waals surface area contributed by atoms with Crippen molar-refractivity contribution in [1.29, 1.82) is 0 Å². The summed E-state index contributed by atoms with van der Waals surface area (Å²) in [4.78, 5) is 15.4. The lowest BCUT2D eigenvalue weighted by atomic mass is 9.90. The minimum atomic E-state index is -0.109. The van der Waals surface area contributed by atoms with Crippen LogP contribution in [0.25, 0.3) is 0 Å². The second-order valence-electron chi connectivity index (χ2n) is 5.39. The molecule has 3 nitrogen and oxygen atoms in total. The van der Waals surface area contributed by atoms with Gasteiger partial charge < -0.3 is 10.6 Å². The van der Waals surface area contributed by atoms with Crippen LogP contribution in [0, 0.1) is 5.41 Å². The van der Waals surface area contributed by atoms with Crippen LogP contribution in [0.4, 0.5) is 0 Å². The highest BCUT2D eigenvalue weighted by atomic mass is 35.5. The van der Waals surface area contributed by atoms with Crippen LogP contribution in [0.3, 0.4) is 0 Å². The van der Waals surface area contributed by atoms with Crippen molar-refractivity contribution in [2.45, 2.75) is 26.2 Å². The highest BCUT2D eigenvalue weighted by Crippen LogP contribution is 2.33. The molecule has 2 rings (SSSR count). The van der Waals surface area contributed by atoms with Gasteiger partial charge in [-0.1, -0.05) is 18.5 Å². The van der Waals surface area contributed by atoms with Crippen LogP contribution in [0.2, 0.25) is 4.34 Å². The van der Waals surface area contributed by atoms with Gasteiger partial charge in [0.2, 0.25) is 5.91 Å². The fourth-order valence-electron chi connectivity index (χ4n) is 2.34. The number of thiophene rings is 1. The summed E-state index contributed by atoms with van der Waals surface area (Å²) >= 11 is 7.40. The first-order chi connectivity index (χ1) is 8.45. The predicted molar refractivity (Wildman–Crippen MR) is 83.4 cm³/mol. The monoisotopic (exact) mass is 322 g/mol. The molecular weight excluding hydrogens is 303 g/mol. The van der Waals surface area contributed by atoms with Crippen LogP contribution < -0.4 is 5.73 Å². The zero-order chi connectivity index (χ0) is 13.3. The Morgan fingerprint density at radius 2 is 2.32 bits per heavy atom. The molecule has 108 valence electrons. The van der Waals surface area contributed by atoms with Crippen molar-refractivity contribution in [3.05, 3.63) is 21.3 Å². The number of carbonyl (C=O) groups is 1. The van der Waals surface area contributed by atoms with E-state index in [-0.39, 0.29) is 29.6 Å². The molecule has 2 N–H and O–H groups in total. The molecule has 1 aromatic rings. The lowest BCUT2D eigenvalue weighted by Gasteiger charge is -2.24. The first-order valence-corrected chi connectivity index (χ1v) is 7.39. The molecule has 0 aromatic carbocycles. The Morgan fingerprint density at radius 1 is 1.63 bits per heavy atom. The Bertz CT molecular complexity index is 452. The second kappa shape index (κ2) is 6.44. The van der Waals surface area contributed by atoms with Crippen LogP contribution in [0.1, 0.15) is 31.1 Å². The summed E-state index contributed by atoms with van der Waals surface area (Å²) in [5.74, 6) is 0.0771. The molecule has 0 aliphatic carbocycles. The smallest absolute Gasteiger partial charge is 0.230 e. The minimum Gasteiger partial charge on any atom is -0.342 e. The van der Waals surface area contributed by atoms with Crippen molar-refractivity contribution < 1.29 is 4.79 Å². The van der Waals surface area contributed by atoms with E-state index < -0.39 is 0 Å². The maximum Gasteiger partial charge on any atom is 0.230 e. The molecule has 1 aliphatic rings. The summed E-state index contributed by atoms with van der Waals surface area (Å²) in [7, 11) is 0. The summed E-state index contributed by atoms with van der Waals surface area (Å²) < 4.78 is 0.734. The number of rotatable bonds is 3. The molecule has 1 aromatic heterocycles. The van der Waals surface area contributed by atoms with Gasteiger partial charge >= 0.3 is 0 Å². The maximum atomic E-state index is 12.4. The molecule has 0 saturated carbocycles. The predicted octanol–water partition coefficient (Wildman–Crippen LogP) is 3.12. The van der Waals surface area contributed by atoms with Gasteiger partial charge in [0.25, 0.3) is 0 Å². The van der Waals surface area contributed by atoms with E-state index in [1.165, 1.54) is 11.3 Å². The van der Waals surface area contributed by atoms with E-state index in [1.54, 1.807) is 0 Å². The van der Waals surface area contributed by atoms with Gasteiger partial charge in [-0.2, -0.15) is 0 Å². The fourth-order valence-corrected chi connectivity index (χ4v) is 3.44. The Labute approximate surface area is 129 Å². The lowest BCUT2D eigenvalue weighted by Crippen LogP contribution is -2.36. The van der Waals surface area contributed by atoms with Crippen molar-refractivity contribution in [3.63, 3.8) is 0 Å². The Morgan fingerprint density at radius 3 is 2.79 bits per heavy atom. The molecule has 0 radical (unpaired) electrons. The molecule has 1 saturated heterocycles. The lowest BCUT2D eigenvalue weighted by molar-refractivity contribution is -0.131. The molecule has 6 heteroatoms.